The van der Waals surface area contributed by atoms with Gasteiger partial charge in [0.25, 0.3) is 0 Å². The average molecular weight is 297 g/mol. The summed E-state index contributed by atoms with van der Waals surface area (Å²) >= 11 is 0. The minimum atomic E-state index is 0.523. The molecule has 1 aliphatic heterocycles. The van der Waals surface area contributed by atoms with Crippen LogP contribution in [0.3, 0.4) is 0 Å². The van der Waals surface area contributed by atoms with E-state index in [0.29, 0.717) is 12.1 Å². The third-order valence-corrected chi connectivity index (χ3v) is 4.66. The normalized spacial score (nSPS) is 20.7. The van der Waals surface area contributed by atoms with Crippen LogP contribution in [0.5, 0.6) is 0 Å². The van der Waals surface area contributed by atoms with Gasteiger partial charge in [0, 0.05) is 30.2 Å². The van der Waals surface area contributed by atoms with Gasteiger partial charge in [-0.1, -0.05) is 37.1 Å². The lowest BCUT2D eigenvalue weighted by Gasteiger charge is -2.21. The van der Waals surface area contributed by atoms with Crippen molar-refractivity contribution in [1.82, 2.24) is 15.6 Å². The maximum absolute atomic E-state index is 4.53. The van der Waals surface area contributed by atoms with Gasteiger partial charge in [-0.15, -0.1) is 0 Å². The molecule has 3 rings (SSSR count). The van der Waals surface area contributed by atoms with Crippen molar-refractivity contribution in [3.8, 4) is 0 Å². The summed E-state index contributed by atoms with van der Waals surface area (Å²) in [6.45, 7) is 4.37. The molecular formula is C19H27N3. The highest BCUT2D eigenvalue weighted by Gasteiger charge is 2.14. The molecule has 3 heteroatoms. The maximum Gasteiger partial charge on any atom is 0.0746 e. The topological polar surface area (TPSA) is 37.0 Å². The lowest BCUT2D eigenvalue weighted by atomic mass is 10.0. The lowest BCUT2D eigenvalue weighted by Crippen LogP contribution is -2.36. The van der Waals surface area contributed by atoms with Crippen molar-refractivity contribution >= 4 is 10.9 Å². The highest BCUT2D eigenvalue weighted by molar-refractivity contribution is 5.81. The van der Waals surface area contributed by atoms with Crippen molar-refractivity contribution in [3.05, 3.63) is 42.1 Å². The molecule has 1 aromatic heterocycles. The Bertz CT molecular complexity index is 583. The molecule has 2 N–H and O–H groups in total. The number of nitrogens with one attached hydrogen (secondary N) is 2. The van der Waals surface area contributed by atoms with Gasteiger partial charge in [-0.3, -0.25) is 4.98 Å². The Morgan fingerprint density at radius 3 is 3.09 bits per heavy atom. The number of hydrogen-bond acceptors (Lipinski definition) is 3. The predicted molar refractivity (Wildman–Crippen MR) is 92.9 cm³/mol. The highest BCUT2D eigenvalue weighted by atomic mass is 14.9. The summed E-state index contributed by atoms with van der Waals surface area (Å²) in [4.78, 5) is 4.53. The molecule has 2 unspecified atom stereocenters. The molecule has 2 atom stereocenters. The van der Waals surface area contributed by atoms with Gasteiger partial charge in [-0.05, 0) is 44.4 Å². The number of nitrogens with zero attached hydrogens (tertiary/aromatic N) is 1. The number of fused-ring (bicyclic) bond motifs is 1. The first-order valence-corrected chi connectivity index (χ1v) is 8.62. The first kappa shape index (κ1) is 15.4. The molecule has 0 saturated carbocycles. The molecule has 2 aromatic rings. The van der Waals surface area contributed by atoms with E-state index < -0.39 is 0 Å². The third kappa shape index (κ3) is 4.05. The molecule has 0 spiro atoms. The van der Waals surface area contributed by atoms with Crippen LogP contribution >= 0.6 is 0 Å². The Kier molecular flexibility index (Phi) is 5.41. The number of aromatic nitrogens is 1. The van der Waals surface area contributed by atoms with Crippen molar-refractivity contribution in [2.24, 2.45) is 0 Å². The molecule has 118 valence electrons. The average Bonchev–Trinajstić information content (AvgIpc) is 2.81. The zero-order chi connectivity index (χ0) is 15.2. The quantitative estimate of drug-likeness (QED) is 0.885. The summed E-state index contributed by atoms with van der Waals surface area (Å²) in [7, 11) is 0. The maximum atomic E-state index is 4.53. The van der Waals surface area contributed by atoms with Crippen molar-refractivity contribution in [2.45, 2.75) is 57.7 Å². The Morgan fingerprint density at radius 2 is 2.14 bits per heavy atom. The van der Waals surface area contributed by atoms with Gasteiger partial charge in [-0.25, -0.2) is 0 Å². The molecule has 1 aromatic carbocycles. The van der Waals surface area contributed by atoms with E-state index in [1.165, 1.54) is 49.6 Å². The SMILES string of the molecule is CC(CC1CCCCCN1)NCc1cccc2cccnc12. The number of para-hydroxylation sites is 1. The van der Waals surface area contributed by atoms with Crippen LogP contribution in [0.1, 0.15) is 44.6 Å². The first-order valence-electron chi connectivity index (χ1n) is 8.62. The summed E-state index contributed by atoms with van der Waals surface area (Å²) in [6.07, 6.45) is 8.50. The van der Waals surface area contributed by atoms with Gasteiger partial charge in [-0.2, -0.15) is 0 Å². The van der Waals surface area contributed by atoms with Crippen LogP contribution in [-0.2, 0) is 6.54 Å². The van der Waals surface area contributed by atoms with E-state index in [1.807, 2.05) is 12.3 Å². The van der Waals surface area contributed by atoms with Crippen LogP contribution < -0.4 is 10.6 Å². The molecule has 1 aliphatic rings. The molecular weight excluding hydrogens is 270 g/mol. The largest absolute Gasteiger partial charge is 0.314 e. The van der Waals surface area contributed by atoms with E-state index in [-0.39, 0.29) is 0 Å². The Hall–Kier alpha value is -1.45. The van der Waals surface area contributed by atoms with E-state index >= 15 is 0 Å². The van der Waals surface area contributed by atoms with Crippen LogP contribution in [0, 0.1) is 0 Å². The van der Waals surface area contributed by atoms with E-state index in [4.69, 9.17) is 0 Å². The molecule has 1 saturated heterocycles. The van der Waals surface area contributed by atoms with Crippen LogP contribution in [0.15, 0.2) is 36.5 Å². The third-order valence-electron chi connectivity index (χ3n) is 4.66. The number of pyridine rings is 1. The monoisotopic (exact) mass is 297 g/mol. The number of benzene rings is 1. The molecule has 0 radical (unpaired) electrons. The highest BCUT2D eigenvalue weighted by Crippen LogP contribution is 2.17. The summed E-state index contributed by atoms with van der Waals surface area (Å²) < 4.78 is 0. The zero-order valence-electron chi connectivity index (χ0n) is 13.5. The summed E-state index contributed by atoms with van der Waals surface area (Å²) in [5.41, 5.74) is 2.41. The second-order valence-electron chi connectivity index (χ2n) is 6.51. The minimum Gasteiger partial charge on any atom is -0.314 e. The summed E-state index contributed by atoms with van der Waals surface area (Å²) in [5, 5.41) is 8.59. The van der Waals surface area contributed by atoms with Gasteiger partial charge in [0.2, 0.25) is 0 Å². The predicted octanol–water partition coefficient (Wildman–Crippen LogP) is 3.64. The Balaban J connectivity index is 1.56. The zero-order valence-corrected chi connectivity index (χ0v) is 13.5. The molecule has 2 heterocycles. The van der Waals surface area contributed by atoms with Gasteiger partial charge in [0.1, 0.15) is 0 Å². The van der Waals surface area contributed by atoms with Crippen LogP contribution in [-0.4, -0.2) is 23.6 Å². The minimum absolute atomic E-state index is 0.523. The fraction of sp³-hybridized carbons (Fsp3) is 0.526. The van der Waals surface area contributed by atoms with Crippen LogP contribution in [0.25, 0.3) is 10.9 Å². The molecule has 3 nitrogen and oxygen atoms in total. The molecule has 0 amide bonds. The van der Waals surface area contributed by atoms with E-state index in [1.54, 1.807) is 0 Å². The first-order chi connectivity index (χ1) is 10.8. The van der Waals surface area contributed by atoms with Gasteiger partial charge >= 0.3 is 0 Å². The van der Waals surface area contributed by atoms with Crippen LogP contribution in [0.4, 0.5) is 0 Å². The van der Waals surface area contributed by atoms with Gasteiger partial charge in [0.05, 0.1) is 5.52 Å². The molecule has 22 heavy (non-hydrogen) atoms. The van der Waals surface area contributed by atoms with E-state index in [0.717, 1.165) is 12.1 Å². The number of hydrogen-bond donors (Lipinski definition) is 2. The standard InChI is InChI=1S/C19H27N3/c1-15(13-18-10-3-2-4-11-20-18)22-14-17-8-5-7-16-9-6-12-21-19(16)17/h5-9,12,15,18,20,22H,2-4,10-11,13-14H2,1H3. The smallest absolute Gasteiger partial charge is 0.0746 e. The number of rotatable bonds is 5. The van der Waals surface area contributed by atoms with E-state index in [9.17, 15) is 0 Å². The lowest BCUT2D eigenvalue weighted by molar-refractivity contribution is 0.402. The van der Waals surface area contributed by atoms with Gasteiger partial charge < -0.3 is 10.6 Å². The molecule has 0 bridgehead atoms. The fourth-order valence-corrected chi connectivity index (χ4v) is 3.41. The van der Waals surface area contributed by atoms with Crippen molar-refractivity contribution in [1.29, 1.82) is 0 Å². The fourth-order valence-electron chi connectivity index (χ4n) is 3.41. The molecule has 1 fully saturated rings. The van der Waals surface area contributed by atoms with Crippen molar-refractivity contribution < 1.29 is 0 Å². The van der Waals surface area contributed by atoms with Crippen LogP contribution in [0.2, 0.25) is 0 Å². The van der Waals surface area contributed by atoms with E-state index in [2.05, 4.69) is 46.8 Å². The van der Waals surface area contributed by atoms with Crippen molar-refractivity contribution in [3.63, 3.8) is 0 Å². The van der Waals surface area contributed by atoms with Crippen molar-refractivity contribution in [2.75, 3.05) is 6.54 Å². The second-order valence-corrected chi connectivity index (χ2v) is 6.51. The summed E-state index contributed by atoms with van der Waals surface area (Å²) in [5.74, 6) is 0. The second kappa shape index (κ2) is 7.70. The Labute approximate surface area is 133 Å². The summed E-state index contributed by atoms with van der Waals surface area (Å²) in [6, 6.07) is 11.8. The Morgan fingerprint density at radius 1 is 1.23 bits per heavy atom. The molecule has 0 aliphatic carbocycles. The van der Waals surface area contributed by atoms with Gasteiger partial charge in [0.15, 0.2) is 0 Å².